The molecule has 116 valence electrons. The summed E-state index contributed by atoms with van der Waals surface area (Å²) < 4.78 is 10.8. The van der Waals surface area contributed by atoms with Crippen LogP contribution in [0.15, 0.2) is 42.5 Å². The lowest BCUT2D eigenvalue weighted by Crippen LogP contribution is -2.05. The quantitative estimate of drug-likeness (QED) is 0.807. The number of carbonyl (C=O) groups excluding carboxylic acids is 1. The smallest absolute Gasteiger partial charge is 0.338 e. The van der Waals surface area contributed by atoms with Crippen LogP contribution < -0.4 is 4.74 Å². The van der Waals surface area contributed by atoms with Gasteiger partial charge in [-0.3, -0.25) is 0 Å². The number of hydrogen-bond donors (Lipinski definition) is 1. The van der Waals surface area contributed by atoms with Gasteiger partial charge in [0.05, 0.1) is 12.2 Å². The Morgan fingerprint density at radius 2 is 1.86 bits per heavy atom. The molecular weight excluding hydrogens is 280 g/mol. The molecule has 0 unspecified atom stereocenters. The zero-order valence-electron chi connectivity index (χ0n) is 12.8. The van der Waals surface area contributed by atoms with Crippen molar-refractivity contribution in [2.45, 2.75) is 26.7 Å². The van der Waals surface area contributed by atoms with E-state index in [-0.39, 0.29) is 11.7 Å². The SMILES string of the molecule is CCCc1cc(C(=O)OCC)ccc1Oc1ccccc1O. The molecule has 0 fully saturated rings. The van der Waals surface area contributed by atoms with Crippen LogP contribution in [-0.4, -0.2) is 17.7 Å². The van der Waals surface area contributed by atoms with Crippen LogP contribution in [0.2, 0.25) is 0 Å². The van der Waals surface area contributed by atoms with Crippen molar-refractivity contribution in [2.75, 3.05) is 6.61 Å². The first kappa shape index (κ1) is 15.9. The maximum atomic E-state index is 11.8. The third-order valence-electron chi connectivity index (χ3n) is 3.18. The number of benzene rings is 2. The summed E-state index contributed by atoms with van der Waals surface area (Å²) in [5.74, 6) is 0.772. The Bertz CT molecular complexity index is 649. The van der Waals surface area contributed by atoms with Crippen LogP contribution >= 0.6 is 0 Å². The summed E-state index contributed by atoms with van der Waals surface area (Å²) in [6.07, 6.45) is 1.69. The number of ether oxygens (including phenoxy) is 2. The van der Waals surface area contributed by atoms with E-state index < -0.39 is 0 Å². The molecule has 22 heavy (non-hydrogen) atoms. The van der Waals surface area contributed by atoms with Gasteiger partial charge in [0.2, 0.25) is 0 Å². The van der Waals surface area contributed by atoms with Gasteiger partial charge in [-0.15, -0.1) is 0 Å². The predicted molar refractivity (Wildman–Crippen MR) is 84.6 cm³/mol. The summed E-state index contributed by atoms with van der Waals surface area (Å²) in [6, 6.07) is 12.0. The van der Waals surface area contributed by atoms with Gasteiger partial charge < -0.3 is 14.6 Å². The molecule has 4 nitrogen and oxygen atoms in total. The summed E-state index contributed by atoms with van der Waals surface area (Å²) in [6.45, 7) is 4.18. The second kappa shape index (κ2) is 7.50. The normalized spacial score (nSPS) is 10.3. The first-order valence-corrected chi connectivity index (χ1v) is 7.41. The highest BCUT2D eigenvalue weighted by Crippen LogP contribution is 2.33. The van der Waals surface area contributed by atoms with E-state index in [4.69, 9.17) is 9.47 Å². The maximum Gasteiger partial charge on any atom is 0.338 e. The molecule has 0 saturated carbocycles. The molecule has 0 bridgehead atoms. The third-order valence-corrected chi connectivity index (χ3v) is 3.18. The van der Waals surface area contributed by atoms with Crippen LogP contribution in [0.4, 0.5) is 0 Å². The van der Waals surface area contributed by atoms with Gasteiger partial charge in [-0.25, -0.2) is 4.79 Å². The maximum absolute atomic E-state index is 11.8. The summed E-state index contributed by atoms with van der Waals surface area (Å²) in [7, 11) is 0. The van der Waals surface area contributed by atoms with Gasteiger partial charge in [0, 0.05) is 0 Å². The number of para-hydroxylation sites is 2. The van der Waals surface area contributed by atoms with Gasteiger partial charge >= 0.3 is 5.97 Å². The highest BCUT2D eigenvalue weighted by molar-refractivity contribution is 5.89. The predicted octanol–water partition coefficient (Wildman–Crippen LogP) is 4.31. The fourth-order valence-corrected chi connectivity index (χ4v) is 2.15. The molecule has 0 amide bonds. The van der Waals surface area contributed by atoms with Crippen LogP contribution in [0.5, 0.6) is 17.2 Å². The lowest BCUT2D eigenvalue weighted by Gasteiger charge is -2.13. The average molecular weight is 300 g/mol. The molecule has 0 radical (unpaired) electrons. The third kappa shape index (κ3) is 3.79. The second-order valence-corrected chi connectivity index (χ2v) is 4.86. The zero-order chi connectivity index (χ0) is 15.9. The van der Waals surface area contributed by atoms with E-state index in [1.165, 1.54) is 0 Å². The largest absolute Gasteiger partial charge is 0.504 e. The molecule has 0 atom stereocenters. The first-order chi connectivity index (χ1) is 10.7. The standard InChI is InChI=1S/C18H20O4/c1-3-7-13-12-14(18(20)21-4-2)10-11-16(13)22-17-9-6-5-8-15(17)19/h5-6,8-12,19H,3-4,7H2,1-2H3. The monoisotopic (exact) mass is 300 g/mol. The fourth-order valence-electron chi connectivity index (χ4n) is 2.15. The lowest BCUT2D eigenvalue weighted by atomic mass is 10.1. The van der Waals surface area contributed by atoms with Gasteiger partial charge in [0.15, 0.2) is 11.5 Å². The van der Waals surface area contributed by atoms with E-state index in [0.717, 1.165) is 18.4 Å². The minimum atomic E-state index is -0.339. The average Bonchev–Trinajstić information content (AvgIpc) is 2.51. The lowest BCUT2D eigenvalue weighted by molar-refractivity contribution is 0.0526. The Kier molecular flexibility index (Phi) is 5.42. The molecule has 0 aliphatic rings. The summed E-state index contributed by atoms with van der Waals surface area (Å²) >= 11 is 0. The number of esters is 1. The van der Waals surface area contributed by atoms with E-state index in [1.807, 2.05) is 0 Å². The van der Waals surface area contributed by atoms with Crippen molar-refractivity contribution >= 4 is 5.97 Å². The van der Waals surface area contributed by atoms with Gasteiger partial charge in [-0.1, -0.05) is 25.5 Å². The van der Waals surface area contributed by atoms with E-state index in [0.29, 0.717) is 23.7 Å². The molecule has 0 saturated heterocycles. The first-order valence-electron chi connectivity index (χ1n) is 7.41. The summed E-state index contributed by atoms with van der Waals surface area (Å²) in [5.41, 5.74) is 1.42. The van der Waals surface area contributed by atoms with Crippen LogP contribution in [0.3, 0.4) is 0 Å². The van der Waals surface area contributed by atoms with Crippen molar-refractivity contribution in [1.29, 1.82) is 0 Å². The number of phenols is 1. The Morgan fingerprint density at radius 3 is 2.55 bits per heavy atom. The van der Waals surface area contributed by atoms with Crippen molar-refractivity contribution in [1.82, 2.24) is 0 Å². The van der Waals surface area contributed by atoms with Crippen LogP contribution in [-0.2, 0) is 11.2 Å². The molecule has 0 spiro atoms. The highest BCUT2D eigenvalue weighted by atomic mass is 16.5. The van der Waals surface area contributed by atoms with E-state index in [2.05, 4.69) is 6.92 Å². The topological polar surface area (TPSA) is 55.8 Å². The van der Waals surface area contributed by atoms with Crippen molar-refractivity contribution in [3.8, 4) is 17.2 Å². The number of rotatable bonds is 6. The Hall–Kier alpha value is -2.49. The van der Waals surface area contributed by atoms with Crippen LogP contribution in [0.25, 0.3) is 0 Å². The minimum Gasteiger partial charge on any atom is -0.504 e. The van der Waals surface area contributed by atoms with Gasteiger partial charge in [0.1, 0.15) is 5.75 Å². The van der Waals surface area contributed by atoms with Crippen molar-refractivity contribution in [3.05, 3.63) is 53.6 Å². The van der Waals surface area contributed by atoms with Crippen LogP contribution in [0.1, 0.15) is 36.2 Å². The molecule has 2 aromatic rings. The molecule has 0 aliphatic carbocycles. The fraction of sp³-hybridized carbons (Fsp3) is 0.278. The number of hydrogen-bond acceptors (Lipinski definition) is 4. The van der Waals surface area contributed by atoms with Crippen molar-refractivity contribution in [2.24, 2.45) is 0 Å². The van der Waals surface area contributed by atoms with Crippen LogP contribution in [0, 0.1) is 0 Å². The molecule has 0 aliphatic heterocycles. The second-order valence-electron chi connectivity index (χ2n) is 4.86. The molecule has 2 aromatic carbocycles. The zero-order valence-corrected chi connectivity index (χ0v) is 12.8. The molecule has 1 N–H and O–H groups in total. The molecular formula is C18H20O4. The van der Waals surface area contributed by atoms with E-state index in [1.54, 1.807) is 49.4 Å². The Labute approximate surface area is 130 Å². The number of phenolic OH excluding ortho intramolecular Hbond substituents is 1. The molecule has 4 heteroatoms. The van der Waals surface area contributed by atoms with E-state index >= 15 is 0 Å². The van der Waals surface area contributed by atoms with Crippen molar-refractivity contribution in [3.63, 3.8) is 0 Å². The number of aromatic hydroxyl groups is 1. The summed E-state index contributed by atoms with van der Waals surface area (Å²) in [4.78, 5) is 11.8. The van der Waals surface area contributed by atoms with Gasteiger partial charge in [0.25, 0.3) is 0 Å². The Morgan fingerprint density at radius 1 is 1.09 bits per heavy atom. The molecule has 0 heterocycles. The minimum absolute atomic E-state index is 0.0828. The molecule has 0 aromatic heterocycles. The highest BCUT2D eigenvalue weighted by Gasteiger charge is 2.12. The van der Waals surface area contributed by atoms with Gasteiger partial charge in [-0.05, 0) is 49.2 Å². The van der Waals surface area contributed by atoms with Crippen molar-refractivity contribution < 1.29 is 19.4 Å². The Balaban J connectivity index is 2.31. The molecule has 2 rings (SSSR count). The summed E-state index contributed by atoms with van der Waals surface area (Å²) in [5, 5.41) is 9.81. The van der Waals surface area contributed by atoms with Gasteiger partial charge in [-0.2, -0.15) is 0 Å². The van der Waals surface area contributed by atoms with E-state index in [9.17, 15) is 9.90 Å². The number of aryl methyl sites for hydroxylation is 1. The number of carbonyl (C=O) groups is 1.